The lowest BCUT2D eigenvalue weighted by Gasteiger charge is -1.98. The fourth-order valence-electron chi connectivity index (χ4n) is 2.79. The number of aliphatic imine (C=N–C) groups is 1. The molecular formula is C22H18ClN3S2. The third-order valence-electron chi connectivity index (χ3n) is 4.26. The molecule has 0 aliphatic heterocycles. The molecule has 2 heterocycles. The quantitative estimate of drug-likeness (QED) is 0.328. The maximum atomic E-state index is 5.96. The van der Waals surface area contributed by atoms with Crippen LogP contribution in [0.3, 0.4) is 0 Å². The first-order valence-corrected chi connectivity index (χ1v) is 10.9. The predicted molar refractivity (Wildman–Crippen MR) is 121 cm³/mol. The summed E-state index contributed by atoms with van der Waals surface area (Å²) in [4.78, 5) is 14.9. The van der Waals surface area contributed by atoms with E-state index in [1.807, 2.05) is 56.5 Å². The second-order valence-corrected chi connectivity index (χ2v) is 9.03. The Morgan fingerprint density at radius 3 is 2.43 bits per heavy atom. The van der Waals surface area contributed by atoms with Crippen molar-refractivity contribution in [2.24, 2.45) is 4.99 Å². The minimum atomic E-state index is 0.753. The van der Waals surface area contributed by atoms with Crippen LogP contribution in [0.4, 0.5) is 5.69 Å². The van der Waals surface area contributed by atoms with E-state index in [2.05, 4.69) is 32.5 Å². The second-order valence-electron chi connectivity index (χ2n) is 6.42. The second kappa shape index (κ2) is 8.35. The molecule has 0 fully saturated rings. The Morgan fingerprint density at radius 1 is 1.00 bits per heavy atom. The molecule has 0 amide bonds. The zero-order valence-electron chi connectivity index (χ0n) is 15.5. The fraction of sp³-hybridized carbons (Fsp3) is 0.136. The molecule has 2 aromatic heterocycles. The van der Waals surface area contributed by atoms with Crippen LogP contribution in [0.1, 0.15) is 26.1 Å². The van der Waals surface area contributed by atoms with Crippen LogP contribution in [-0.2, 0) is 6.42 Å². The standard InChI is InChI=1S/C22H18ClN3S2/c1-14-21(28-22(25-14)11-16-3-7-18(23)8-4-16)12-24-19-9-5-17(6-10-19)20-13-27-15(2)26-20/h3-10,12-13H,11H2,1-2H3. The van der Waals surface area contributed by atoms with Crippen LogP contribution in [0.2, 0.25) is 5.02 Å². The fourth-order valence-corrected chi connectivity index (χ4v) is 4.51. The molecule has 0 saturated carbocycles. The summed E-state index contributed by atoms with van der Waals surface area (Å²) < 4.78 is 0. The molecule has 0 N–H and O–H groups in total. The van der Waals surface area contributed by atoms with Gasteiger partial charge in [0.2, 0.25) is 0 Å². The molecule has 3 nitrogen and oxygen atoms in total. The maximum absolute atomic E-state index is 5.96. The summed E-state index contributed by atoms with van der Waals surface area (Å²) in [5.41, 5.74) is 5.26. The lowest BCUT2D eigenvalue weighted by Crippen LogP contribution is -1.86. The van der Waals surface area contributed by atoms with Gasteiger partial charge in [0.25, 0.3) is 0 Å². The van der Waals surface area contributed by atoms with E-state index in [0.29, 0.717) is 0 Å². The highest BCUT2D eigenvalue weighted by molar-refractivity contribution is 7.13. The summed E-state index contributed by atoms with van der Waals surface area (Å²) in [6.07, 6.45) is 2.71. The third-order valence-corrected chi connectivity index (χ3v) is 6.38. The predicted octanol–water partition coefficient (Wildman–Crippen LogP) is 6.88. The van der Waals surface area contributed by atoms with Crippen molar-refractivity contribution in [2.75, 3.05) is 0 Å². The molecule has 4 rings (SSSR count). The first-order chi connectivity index (χ1) is 13.6. The molecule has 140 valence electrons. The van der Waals surface area contributed by atoms with Crippen molar-refractivity contribution < 1.29 is 0 Å². The number of benzene rings is 2. The van der Waals surface area contributed by atoms with Crippen molar-refractivity contribution in [2.45, 2.75) is 20.3 Å². The molecule has 0 radical (unpaired) electrons. The van der Waals surface area contributed by atoms with E-state index in [4.69, 9.17) is 11.6 Å². The number of rotatable bonds is 5. The number of aromatic nitrogens is 2. The van der Waals surface area contributed by atoms with E-state index in [-0.39, 0.29) is 0 Å². The monoisotopic (exact) mass is 423 g/mol. The summed E-state index contributed by atoms with van der Waals surface area (Å²) in [5.74, 6) is 0. The van der Waals surface area contributed by atoms with Gasteiger partial charge in [-0.05, 0) is 43.7 Å². The molecule has 0 unspecified atom stereocenters. The van der Waals surface area contributed by atoms with Gasteiger partial charge in [0.1, 0.15) is 0 Å². The lowest BCUT2D eigenvalue weighted by molar-refractivity contribution is 1.10. The highest BCUT2D eigenvalue weighted by Crippen LogP contribution is 2.25. The summed E-state index contributed by atoms with van der Waals surface area (Å²) in [5, 5.41) is 4.99. The van der Waals surface area contributed by atoms with Crippen molar-refractivity contribution in [3.05, 3.63) is 85.1 Å². The van der Waals surface area contributed by atoms with E-state index in [9.17, 15) is 0 Å². The normalized spacial score (nSPS) is 11.4. The van der Waals surface area contributed by atoms with E-state index >= 15 is 0 Å². The van der Waals surface area contributed by atoms with E-state index < -0.39 is 0 Å². The van der Waals surface area contributed by atoms with E-state index in [1.165, 1.54) is 5.56 Å². The Balaban J connectivity index is 1.47. The smallest absolute Gasteiger partial charge is 0.0978 e. The number of hydrogen-bond acceptors (Lipinski definition) is 5. The van der Waals surface area contributed by atoms with Crippen LogP contribution in [0.25, 0.3) is 11.3 Å². The van der Waals surface area contributed by atoms with Crippen molar-refractivity contribution in [1.29, 1.82) is 0 Å². The molecule has 0 aliphatic carbocycles. The number of halogens is 1. The van der Waals surface area contributed by atoms with Gasteiger partial charge in [-0.25, -0.2) is 9.97 Å². The van der Waals surface area contributed by atoms with Crippen LogP contribution in [-0.4, -0.2) is 16.2 Å². The SMILES string of the molecule is Cc1nc(-c2ccc(N=Cc3sc(Cc4ccc(Cl)cc4)nc3C)cc2)cs1. The summed E-state index contributed by atoms with van der Waals surface area (Å²) in [6.45, 7) is 4.04. The number of aryl methyl sites for hydroxylation is 2. The summed E-state index contributed by atoms with van der Waals surface area (Å²) in [7, 11) is 0. The molecule has 6 heteroatoms. The maximum Gasteiger partial charge on any atom is 0.0978 e. The minimum Gasteiger partial charge on any atom is -0.255 e. The number of nitrogens with zero attached hydrogens (tertiary/aromatic N) is 3. The van der Waals surface area contributed by atoms with Gasteiger partial charge in [0, 0.05) is 28.6 Å². The molecule has 0 spiro atoms. The molecule has 0 saturated heterocycles. The Bertz CT molecular complexity index is 1110. The first-order valence-electron chi connectivity index (χ1n) is 8.84. The van der Waals surface area contributed by atoms with Gasteiger partial charge in [0.05, 0.1) is 32.0 Å². The zero-order valence-corrected chi connectivity index (χ0v) is 17.9. The van der Waals surface area contributed by atoms with E-state index in [1.54, 1.807) is 22.7 Å². The van der Waals surface area contributed by atoms with Gasteiger partial charge in [0.15, 0.2) is 0 Å². The highest BCUT2D eigenvalue weighted by Gasteiger charge is 2.07. The topological polar surface area (TPSA) is 38.1 Å². The van der Waals surface area contributed by atoms with Gasteiger partial charge < -0.3 is 0 Å². The van der Waals surface area contributed by atoms with Crippen LogP contribution in [0.15, 0.2) is 58.9 Å². The Hall–Kier alpha value is -2.34. The van der Waals surface area contributed by atoms with Crippen LogP contribution >= 0.6 is 34.3 Å². The van der Waals surface area contributed by atoms with Crippen molar-refractivity contribution in [1.82, 2.24) is 9.97 Å². The van der Waals surface area contributed by atoms with Crippen LogP contribution in [0.5, 0.6) is 0 Å². The average molecular weight is 424 g/mol. The first kappa shape index (κ1) is 19.0. The van der Waals surface area contributed by atoms with Crippen molar-refractivity contribution in [3.63, 3.8) is 0 Å². The highest BCUT2D eigenvalue weighted by atomic mass is 35.5. The molecule has 4 aromatic rings. The Labute approximate surface area is 177 Å². The van der Waals surface area contributed by atoms with Gasteiger partial charge in [-0.15, -0.1) is 22.7 Å². The molecule has 2 aromatic carbocycles. The van der Waals surface area contributed by atoms with Gasteiger partial charge in [-0.3, -0.25) is 4.99 Å². The minimum absolute atomic E-state index is 0.753. The largest absolute Gasteiger partial charge is 0.255 e. The number of thiazole rings is 2. The summed E-state index contributed by atoms with van der Waals surface area (Å²) in [6, 6.07) is 16.1. The average Bonchev–Trinajstić information content (AvgIpc) is 3.28. The van der Waals surface area contributed by atoms with Crippen molar-refractivity contribution in [3.8, 4) is 11.3 Å². The molecule has 0 bridgehead atoms. The molecular weight excluding hydrogens is 406 g/mol. The molecule has 28 heavy (non-hydrogen) atoms. The van der Waals surface area contributed by atoms with Gasteiger partial charge in [-0.1, -0.05) is 35.9 Å². The lowest BCUT2D eigenvalue weighted by atomic mass is 10.1. The third kappa shape index (κ3) is 4.55. The summed E-state index contributed by atoms with van der Waals surface area (Å²) >= 11 is 9.30. The Kier molecular flexibility index (Phi) is 5.67. The van der Waals surface area contributed by atoms with E-state index in [0.717, 1.165) is 49.0 Å². The zero-order chi connectivity index (χ0) is 19.5. The van der Waals surface area contributed by atoms with Gasteiger partial charge in [-0.2, -0.15) is 0 Å². The van der Waals surface area contributed by atoms with Crippen LogP contribution in [0, 0.1) is 13.8 Å². The number of hydrogen-bond donors (Lipinski definition) is 0. The molecule has 0 aliphatic rings. The van der Waals surface area contributed by atoms with Crippen LogP contribution < -0.4 is 0 Å². The van der Waals surface area contributed by atoms with Crippen molar-refractivity contribution >= 4 is 46.2 Å². The van der Waals surface area contributed by atoms with Gasteiger partial charge >= 0.3 is 0 Å². The molecule has 0 atom stereocenters. The Morgan fingerprint density at radius 2 is 1.75 bits per heavy atom.